The van der Waals surface area contributed by atoms with Gasteiger partial charge >= 0.3 is 0 Å². The Morgan fingerprint density at radius 1 is 1.04 bits per heavy atom. The molecule has 0 spiro atoms. The maximum atomic E-state index is 12.3. The van der Waals surface area contributed by atoms with Crippen LogP contribution in [-0.2, 0) is 0 Å². The Bertz CT molecular complexity index is 844. The van der Waals surface area contributed by atoms with Crippen molar-refractivity contribution in [2.24, 2.45) is 5.10 Å². The van der Waals surface area contributed by atoms with Crippen LogP contribution in [-0.4, -0.2) is 43.7 Å². The van der Waals surface area contributed by atoms with Crippen LogP contribution in [0.4, 0.5) is 5.69 Å². The third kappa shape index (κ3) is 3.92. The molecule has 1 heterocycles. The standard InChI is InChI=1S/C20H21N3O4/c1-26-14-9-10-18(27-2)17(13-14)22-21-11-5-6-12-23-19(24)15-7-3-4-8-16(15)20(23)25/h3-4,7-11,13,22H,5-6,12H2,1-2H3/b21-11+. The smallest absolute Gasteiger partial charge is 0.261 e. The Morgan fingerprint density at radius 3 is 2.37 bits per heavy atom. The van der Waals surface area contributed by atoms with Gasteiger partial charge in [-0.05, 0) is 37.1 Å². The minimum atomic E-state index is -0.230. The number of amides is 2. The summed E-state index contributed by atoms with van der Waals surface area (Å²) < 4.78 is 10.5. The molecule has 0 fully saturated rings. The molecule has 1 aliphatic heterocycles. The van der Waals surface area contributed by atoms with E-state index in [1.807, 2.05) is 0 Å². The van der Waals surface area contributed by atoms with E-state index in [0.29, 0.717) is 47.7 Å². The molecule has 0 aliphatic carbocycles. The fraction of sp³-hybridized carbons (Fsp3) is 0.250. The minimum Gasteiger partial charge on any atom is -0.497 e. The molecule has 1 N–H and O–H groups in total. The molecule has 7 nitrogen and oxygen atoms in total. The minimum absolute atomic E-state index is 0.230. The van der Waals surface area contributed by atoms with Crippen LogP contribution in [0.15, 0.2) is 47.6 Å². The lowest BCUT2D eigenvalue weighted by atomic mass is 10.1. The molecular weight excluding hydrogens is 346 g/mol. The van der Waals surface area contributed by atoms with Crippen LogP contribution >= 0.6 is 0 Å². The summed E-state index contributed by atoms with van der Waals surface area (Å²) in [5, 5.41) is 4.17. The van der Waals surface area contributed by atoms with E-state index in [1.54, 1.807) is 62.9 Å². The zero-order chi connectivity index (χ0) is 19.2. The van der Waals surface area contributed by atoms with Crippen LogP contribution in [0, 0.1) is 0 Å². The highest BCUT2D eigenvalue weighted by Gasteiger charge is 2.34. The highest BCUT2D eigenvalue weighted by atomic mass is 16.5. The number of hydrogen-bond donors (Lipinski definition) is 1. The summed E-state index contributed by atoms with van der Waals surface area (Å²) in [5.41, 5.74) is 4.55. The number of unbranched alkanes of at least 4 members (excludes halogenated alkanes) is 1. The van der Waals surface area contributed by atoms with E-state index < -0.39 is 0 Å². The molecule has 0 bridgehead atoms. The number of benzene rings is 2. The molecule has 0 aromatic heterocycles. The number of carbonyl (C=O) groups excluding carboxylic acids is 2. The first-order valence-electron chi connectivity index (χ1n) is 8.60. The zero-order valence-corrected chi connectivity index (χ0v) is 15.3. The molecule has 1 aliphatic rings. The number of fused-ring (bicyclic) bond motifs is 1. The number of nitrogens with one attached hydrogen (secondary N) is 1. The number of nitrogens with zero attached hydrogens (tertiary/aromatic N) is 2. The molecule has 2 amide bonds. The van der Waals surface area contributed by atoms with Gasteiger partial charge in [0.05, 0.1) is 25.3 Å². The maximum Gasteiger partial charge on any atom is 0.261 e. The third-order valence-electron chi connectivity index (χ3n) is 4.28. The van der Waals surface area contributed by atoms with Crippen molar-refractivity contribution in [1.29, 1.82) is 0 Å². The summed E-state index contributed by atoms with van der Waals surface area (Å²) in [4.78, 5) is 25.8. The number of methoxy groups -OCH3 is 2. The zero-order valence-electron chi connectivity index (χ0n) is 15.3. The van der Waals surface area contributed by atoms with E-state index in [1.165, 1.54) is 4.90 Å². The van der Waals surface area contributed by atoms with Gasteiger partial charge in [-0.2, -0.15) is 5.10 Å². The number of hydrogen-bond acceptors (Lipinski definition) is 6. The van der Waals surface area contributed by atoms with Crippen molar-refractivity contribution in [2.45, 2.75) is 12.8 Å². The van der Waals surface area contributed by atoms with Crippen molar-refractivity contribution in [2.75, 3.05) is 26.2 Å². The van der Waals surface area contributed by atoms with Crippen molar-refractivity contribution >= 4 is 23.7 Å². The van der Waals surface area contributed by atoms with Crippen LogP contribution in [0.5, 0.6) is 11.5 Å². The molecule has 7 heteroatoms. The molecule has 27 heavy (non-hydrogen) atoms. The summed E-state index contributed by atoms with van der Waals surface area (Å²) in [6, 6.07) is 12.3. The monoisotopic (exact) mass is 367 g/mol. The molecule has 140 valence electrons. The van der Waals surface area contributed by atoms with Crippen molar-refractivity contribution in [1.82, 2.24) is 4.90 Å². The molecule has 2 aromatic rings. The maximum absolute atomic E-state index is 12.3. The largest absolute Gasteiger partial charge is 0.497 e. The molecular formula is C20H21N3O4. The van der Waals surface area contributed by atoms with Gasteiger partial charge in [0.2, 0.25) is 0 Å². The number of ether oxygens (including phenoxy) is 2. The Morgan fingerprint density at radius 2 is 1.74 bits per heavy atom. The van der Waals surface area contributed by atoms with Gasteiger partial charge < -0.3 is 9.47 Å². The van der Waals surface area contributed by atoms with Crippen molar-refractivity contribution in [3.05, 3.63) is 53.6 Å². The average molecular weight is 367 g/mol. The van der Waals surface area contributed by atoms with Crippen LogP contribution in [0.3, 0.4) is 0 Å². The van der Waals surface area contributed by atoms with E-state index in [2.05, 4.69) is 10.5 Å². The normalized spacial score (nSPS) is 13.2. The van der Waals surface area contributed by atoms with Crippen LogP contribution in [0.1, 0.15) is 33.6 Å². The summed E-state index contributed by atoms with van der Waals surface area (Å²) in [6.45, 7) is 0.362. The molecule has 0 unspecified atom stereocenters. The van der Waals surface area contributed by atoms with Crippen molar-refractivity contribution in [3.63, 3.8) is 0 Å². The second kappa shape index (κ2) is 8.35. The van der Waals surface area contributed by atoms with Crippen LogP contribution < -0.4 is 14.9 Å². The average Bonchev–Trinajstić information content (AvgIpc) is 2.95. The predicted molar refractivity (Wildman–Crippen MR) is 103 cm³/mol. The number of anilines is 1. The van der Waals surface area contributed by atoms with Gasteiger partial charge in [0.1, 0.15) is 17.2 Å². The summed E-state index contributed by atoms with van der Waals surface area (Å²) in [5.74, 6) is 0.886. The topological polar surface area (TPSA) is 80.2 Å². The molecule has 0 saturated carbocycles. The SMILES string of the molecule is COc1ccc(OC)c(N/N=C/CCCN2C(=O)c3ccccc3C2=O)c1. The Balaban J connectivity index is 1.50. The van der Waals surface area contributed by atoms with Crippen molar-refractivity contribution in [3.8, 4) is 11.5 Å². The lowest BCUT2D eigenvalue weighted by molar-refractivity contribution is 0.0653. The number of rotatable bonds is 8. The van der Waals surface area contributed by atoms with Crippen LogP contribution in [0.2, 0.25) is 0 Å². The number of imide groups is 1. The van der Waals surface area contributed by atoms with E-state index in [-0.39, 0.29) is 11.8 Å². The molecule has 3 rings (SSSR count). The van der Waals surface area contributed by atoms with Gasteiger partial charge in [0.15, 0.2) is 0 Å². The van der Waals surface area contributed by atoms with Gasteiger partial charge in [0.25, 0.3) is 11.8 Å². The van der Waals surface area contributed by atoms with E-state index in [0.717, 1.165) is 0 Å². The van der Waals surface area contributed by atoms with Gasteiger partial charge in [-0.15, -0.1) is 0 Å². The summed E-state index contributed by atoms with van der Waals surface area (Å²) in [6.07, 6.45) is 2.95. The lowest BCUT2D eigenvalue weighted by Crippen LogP contribution is -2.30. The van der Waals surface area contributed by atoms with Gasteiger partial charge in [-0.3, -0.25) is 19.9 Å². The lowest BCUT2D eigenvalue weighted by Gasteiger charge is -2.12. The molecule has 0 atom stereocenters. The van der Waals surface area contributed by atoms with E-state index in [9.17, 15) is 9.59 Å². The Labute approximate surface area is 157 Å². The predicted octanol–water partition coefficient (Wildman–Crippen LogP) is 3.18. The van der Waals surface area contributed by atoms with Gasteiger partial charge in [-0.1, -0.05) is 12.1 Å². The highest BCUT2D eigenvalue weighted by Crippen LogP contribution is 2.28. The highest BCUT2D eigenvalue weighted by molar-refractivity contribution is 6.21. The van der Waals surface area contributed by atoms with Crippen LogP contribution in [0.25, 0.3) is 0 Å². The fourth-order valence-corrected chi connectivity index (χ4v) is 2.86. The summed E-state index contributed by atoms with van der Waals surface area (Å²) >= 11 is 0. The summed E-state index contributed by atoms with van der Waals surface area (Å²) in [7, 11) is 3.17. The van der Waals surface area contributed by atoms with Gasteiger partial charge in [0, 0.05) is 18.8 Å². The molecule has 0 saturated heterocycles. The first-order chi connectivity index (χ1) is 13.2. The fourth-order valence-electron chi connectivity index (χ4n) is 2.86. The first-order valence-corrected chi connectivity index (χ1v) is 8.60. The second-order valence-corrected chi connectivity index (χ2v) is 5.94. The van der Waals surface area contributed by atoms with Gasteiger partial charge in [-0.25, -0.2) is 0 Å². The Kier molecular flexibility index (Phi) is 5.71. The van der Waals surface area contributed by atoms with E-state index in [4.69, 9.17) is 9.47 Å². The quantitative estimate of drug-likeness (QED) is 0.335. The van der Waals surface area contributed by atoms with Crippen molar-refractivity contribution < 1.29 is 19.1 Å². The first kappa shape index (κ1) is 18.4. The number of carbonyl (C=O) groups is 2. The third-order valence-corrected chi connectivity index (χ3v) is 4.28. The van der Waals surface area contributed by atoms with E-state index >= 15 is 0 Å². The Hall–Kier alpha value is -3.35. The molecule has 2 aromatic carbocycles. The molecule has 0 radical (unpaired) electrons. The second-order valence-electron chi connectivity index (χ2n) is 5.94. The number of hydrazone groups is 1.